The predicted octanol–water partition coefficient (Wildman–Crippen LogP) is 1.12. The summed E-state index contributed by atoms with van der Waals surface area (Å²) in [6.45, 7) is 0. The molecule has 1 N–H and O–H groups in total. The van der Waals surface area contributed by atoms with Gasteiger partial charge >= 0.3 is 0 Å². The number of aromatic nitrogens is 5. The lowest BCUT2D eigenvalue weighted by Crippen LogP contribution is -2.07. The van der Waals surface area contributed by atoms with Crippen molar-refractivity contribution >= 4 is 27.3 Å². The third-order valence-electron chi connectivity index (χ3n) is 2.99. The highest BCUT2D eigenvalue weighted by Crippen LogP contribution is 2.23. The van der Waals surface area contributed by atoms with Crippen LogP contribution in [0.5, 0.6) is 0 Å². The number of fused-ring (bicyclic) bond motifs is 5. The zero-order valence-corrected chi connectivity index (χ0v) is 9.16. The Bertz CT molecular complexity index is 953. The van der Waals surface area contributed by atoms with Crippen LogP contribution in [0.25, 0.3) is 27.3 Å². The minimum atomic E-state index is -0.159. The number of hydrogen-bond donors (Lipinski definition) is 1. The molecular formula is C12H7N5O. The van der Waals surface area contributed by atoms with Crippen molar-refractivity contribution in [2.24, 2.45) is 0 Å². The summed E-state index contributed by atoms with van der Waals surface area (Å²) in [5, 5.41) is 6.11. The quantitative estimate of drug-likeness (QED) is 0.497. The highest BCUT2D eigenvalue weighted by Gasteiger charge is 2.11. The van der Waals surface area contributed by atoms with Crippen molar-refractivity contribution in [3.8, 4) is 0 Å². The molecule has 6 nitrogen and oxygen atoms in total. The normalized spacial score (nSPS) is 11.6. The molecule has 4 rings (SSSR count). The molecule has 0 amide bonds. The molecule has 86 valence electrons. The smallest absolute Gasteiger partial charge is 0.274 e. The van der Waals surface area contributed by atoms with E-state index < -0.39 is 0 Å². The topological polar surface area (TPSA) is 75.9 Å². The van der Waals surface area contributed by atoms with Crippen molar-refractivity contribution in [3.05, 3.63) is 47.4 Å². The van der Waals surface area contributed by atoms with Crippen molar-refractivity contribution in [2.75, 3.05) is 0 Å². The molecule has 0 unspecified atom stereocenters. The van der Waals surface area contributed by atoms with E-state index >= 15 is 0 Å². The number of benzene rings is 1. The van der Waals surface area contributed by atoms with E-state index in [1.54, 1.807) is 23.1 Å². The van der Waals surface area contributed by atoms with Crippen molar-refractivity contribution in [2.45, 2.75) is 0 Å². The van der Waals surface area contributed by atoms with Gasteiger partial charge in [-0.1, -0.05) is 6.07 Å². The molecular weight excluding hydrogens is 230 g/mol. The van der Waals surface area contributed by atoms with Crippen molar-refractivity contribution in [1.82, 2.24) is 24.6 Å². The van der Waals surface area contributed by atoms with Crippen LogP contribution in [-0.4, -0.2) is 24.6 Å². The molecule has 1 aromatic carbocycles. The first-order valence-electron chi connectivity index (χ1n) is 5.43. The molecule has 0 spiro atoms. The van der Waals surface area contributed by atoms with Gasteiger partial charge in [0.25, 0.3) is 5.56 Å². The zero-order chi connectivity index (χ0) is 12.1. The largest absolute Gasteiger partial charge is 0.326 e. The lowest BCUT2D eigenvalue weighted by molar-refractivity contribution is 0.953. The third kappa shape index (κ3) is 1.06. The van der Waals surface area contributed by atoms with Crippen molar-refractivity contribution < 1.29 is 0 Å². The molecule has 4 aromatic rings. The molecule has 0 aliphatic heterocycles. The first kappa shape index (κ1) is 9.29. The Morgan fingerprint density at radius 2 is 2.17 bits per heavy atom. The van der Waals surface area contributed by atoms with Gasteiger partial charge in [-0.25, -0.2) is 14.5 Å². The average molecular weight is 237 g/mol. The summed E-state index contributed by atoms with van der Waals surface area (Å²) >= 11 is 0. The second-order valence-electron chi connectivity index (χ2n) is 4.00. The highest BCUT2D eigenvalue weighted by atomic mass is 16.1. The summed E-state index contributed by atoms with van der Waals surface area (Å²) in [6.07, 6.45) is 6.49. The van der Waals surface area contributed by atoms with Crippen LogP contribution in [0.1, 0.15) is 0 Å². The molecule has 6 heteroatoms. The Hall–Kier alpha value is -2.76. The number of aromatic amines is 1. The number of H-pyrrole nitrogens is 1. The molecule has 3 aromatic heterocycles. The van der Waals surface area contributed by atoms with Crippen LogP contribution in [0.4, 0.5) is 0 Å². The second kappa shape index (κ2) is 3.13. The van der Waals surface area contributed by atoms with Crippen LogP contribution >= 0.6 is 0 Å². The molecule has 0 fully saturated rings. The molecule has 0 saturated carbocycles. The molecule has 0 bridgehead atoms. The predicted molar refractivity (Wildman–Crippen MR) is 66.4 cm³/mol. The number of rotatable bonds is 0. The van der Waals surface area contributed by atoms with Gasteiger partial charge in [-0.15, -0.1) is 0 Å². The Balaban J connectivity index is 2.38. The fourth-order valence-electron chi connectivity index (χ4n) is 2.20. The van der Waals surface area contributed by atoms with Crippen LogP contribution in [-0.2, 0) is 0 Å². The summed E-state index contributed by atoms with van der Waals surface area (Å²) in [5.41, 5.74) is 1.85. The summed E-state index contributed by atoms with van der Waals surface area (Å²) in [7, 11) is 0. The van der Waals surface area contributed by atoms with E-state index in [1.807, 2.05) is 12.1 Å². The number of nitrogens with zero attached hydrogens (tertiary/aromatic N) is 4. The third-order valence-corrected chi connectivity index (χ3v) is 2.99. The first-order chi connectivity index (χ1) is 8.84. The fraction of sp³-hybridized carbons (Fsp3) is 0. The maximum absolute atomic E-state index is 11.8. The molecule has 0 aliphatic rings. The summed E-state index contributed by atoms with van der Waals surface area (Å²) in [4.78, 5) is 22.7. The standard InChI is InChI=1S/C12H7N5O/c18-12-11-8-2-1-7-5-13-6-15-9(7)10(8)16-17(11)4-3-14-12/h1-6H,(H,14,18). The van der Waals surface area contributed by atoms with Gasteiger partial charge in [0.1, 0.15) is 22.9 Å². The van der Waals surface area contributed by atoms with E-state index in [0.29, 0.717) is 11.0 Å². The highest BCUT2D eigenvalue weighted by molar-refractivity contribution is 6.08. The second-order valence-corrected chi connectivity index (χ2v) is 4.00. The van der Waals surface area contributed by atoms with Gasteiger partial charge < -0.3 is 4.98 Å². The van der Waals surface area contributed by atoms with Crippen LogP contribution in [0.3, 0.4) is 0 Å². The summed E-state index contributed by atoms with van der Waals surface area (Å²) < 4.78 is 1.57. The van der Waals surface area contributed by atoms with E-state index in [9.17, 15) is 4.79 Å². The van der Waals surface area contributed by atoms with E-state index in [2.05, 4.69) is 20.1 Å². The molecule has 0 radical (unpaired) electrons. The lowest BCUT2D eigenvalue weighted by atomic mass is 10.1. The Kier molecular flexibility index (Phi) is 1.62. The van der Waals surface area contributed by atoms with Crippen LogP contribution in [0, 0.1) is 0 Å². The Labute approximate surface area is 99.9 Å². The average Bonchev–Trinajstić information content (AvgIpc) is 2.79. The van der Waals surface area contributed by atoms with E-state index in [0.717, 1.165) is 16.3 Å². The lowest BCUT2D eigenvalue weighted by Gasteiger charge is -1.95. The minimum absolute atomic E-state index is 0.159. The molecule has 0 saturated heterocycles. The number of nitrogens with one attached hydrogen (secondary N) is 1. The molecule has 3 heterocycles. The monoisotopic (exact) mass is 237 g/mol. The van der Waals surface area contributed by atoms with E-state index in [-0.39, 0.29) is 5.56 Å². The van der Waals surface area contributed by atoms with Gasteiger partial charge in [0.15, 0.2) is 0 Å². The maximum Gasteiger partial charge on any atom is 0.274 e. The first-order valence-corrected chi connectivity index (χ1v) is 5.43. The van der Waals surface area contributed by atoms with Crippen molar-refractivity contribution in [1.29, 1.82) is 0 Å². The summed E-state index contributed by atoms with van der Waals surface area (Å²) in [6, 6.07) is 3.77. The zero-order valence-electron chi connectivity index (χ0n) is 9.16. The SMILES string of the molecule is O=c1[nH]ccn2nc3c(ccc4cncnc43)c12. The van der Waals surface area contributed by atoms with Crippen LogP contribution in [0.2, 0.25) is 0 Å². The Morgan fingerprint density at radius 3 is 3.11 bits per heavy atom. The van der Waals surface area contributed by atoms with Gasteiger partial charge in [-0.2, -0.15) is 5.10 Å². The Morgan fingerprint density at radius 1 is 1.22 bits per heavy atom. The van der Waals surface area contributed by atoms with Gasteiger partial charge in [0.2, 0.25) is 0 Å². The van der Waals surface area contributed by atoms with Gasteiger partial charge in [0, 0.05) is 29.4 Å². The molecule has 0 atom stereocenters. The number of hydrogen-bond acceptors (Lipinski definition) is 4. The molecule has 0 aliphatic carbocycles. The molecule has 18 heavy (non-hydrogen) atoms. The maximum atomic E-state index is 11.8. The van der Waals surface area contributed by atoms with Crippen LogP contribution < -0.4 is 5.56 Å². The summed E-state index contributed by atoms with van der Waals surface area (Å²) in [5.74, 6) is 0. The van der Waals surface area contributed by atoms with E-state index in [4.69, 9.17) is 0 Å². The van der Waals surface area contributed by atoms with Crippen molar-refractivity contribution in [3.63, 3.8) is 0 Å². The minimum Gasteiger partial charge on any atom is -0.326 e. The van der Waals surface area contributed by atoms with E-state index in [1.165, 1.54) is 6.33 Å². The van der Waals surface area contributed by atoms with Gasteiger partial charge in [-0.05, 0) is 6.07 Å². The van der Waals surface area contributed by atoms with Gasteiger partial charge in [-0.3, -0.25) is 4.79 Å². The van der Waals surface area contributed by atoms with Gasteiger partial charge in [0.05, 0.1) is 0 Å². The fourth-order valence-corrected chi connectivity index (χ4v) is 2.20. The van der Waals surface area contributed by atoms with Crippen LogP contribution in [0.15, 0.2) is 41.8 Å².